The molecular formula is C20H34N2O2. The lowest BCUT2D eigenvalue weighted by Crippen LogP contribution is -2.46. The van der Waals surface area contributed by atoms with Gasteiger partial charge < -0.3 is 10.4 Å². The highest BCUT2D eigenvalue weighted by Crippen LogP contribution is 2.49. The van der Waals surface area contributed by atoms with Crippen molar-refractivity contribution in [3.8, 4) is 6.07 Å². The number of carbonyl (C=O) groups is 1. The van der Waals surface area contributed by atoms with Gasteiger partial charge in [0.2, 0.25) is 0 Å². The van der Waals surface area contributed by atoms with Crippen molar-refractivity contribution in [1.82, 2.24) is 5.32 Å². The molecule has 0 aromatic rings. The van der Waals surface area contributed by atoms with Gasteiger partial charge in [0.15, 0.2) is 0 Å². The van der Waals surface area contributed by atoms with Crippen molar-refractivity contribution in [3.05, 3.63) is 0 Å². The Morgan fingerprint density at radius 1 is 1.12 bits per heavy atom. The second kappa shape index (κ2) is 9.42. The molecule has 0 saturated heterocycles. The van der Waals surface area contributed by atoms with Crippen molar-refractivity contribution >= 4 is 5.97 Å². The molecule has 0 bridgehead atoms. The Morgan fingerprint density at radius 2 is 1.79 bits per heavy atom. The van der Waals surface area contributed by atoms with E-state index in [0.717, 1.165) is 57.9 Å². The highest BCUT2D eigenvalue weighted by atomic mass is 16.4. The van der Waals surface area contributed by atoms with Crippen LogP contribution >= 0.6 is 0 Å². The van der Waals surface area contributed by atoms with Crippen molar-refractivity contribution < 1.29 is 9.90 Å². The SMILES string of the molecule is CCCCCCNC1CCC(C(=O)O)(C2CCC(C#N)CC2)CC1. The number of aliphatic carboxylic acids is 1. The van der Waals surface area contributed by atoms with E-state index in [4.69, 9.17) is 5.26 Å². The molecule has 2 N–H and O–H groups in total. The highest BCUT2D eigenvalue weighted by Gasteiger charge is 2.48. The first-order valence-corrected chi connectivity index (χ1v) is 9.98. The molecule has 4 heteroatoms. The topological polar surface area (TPSA) is 73.1 Å². The third-order valence-corrected chi connectivity index (χ3v) is 6.46. The molecule has 0 radical (unpaired) electrons. The molecule has 0 unspecified atom stereocenters. The standard InChI is InChI=1S/C20H34N2O2/c1-2-3-4-5-14-22-18-10-12-20(13-11-18,19(23)24)17-8-6-16(15-21)7-9-17/h16-18,22H,2-14H2,1H3,(H,23,24). The minimum atomic E-state index is -0.593. The van der Waals surface area contributed by atoms with Crippen LogP contribution in [0, 0.1) is 28.6 Å². The van der Waals surface area contributed by atoms with Crippen molar-refractivity contribution in [2.75, 3.05) is 6.54 Å². The summed E-state index contributed by atoms with van der Waals surface area (Å²) in [7, 11) is 0. The van der Waals surface area contributed by atoms with Crippen LogP contribution in [-0.2, 0) is 4.79 Å². The molecule has 0 heterocycles. The van der Waals surface area contributed by atoms with Gasteiger partial charge >= 0.3 is 5.97 Å². The smallest absolute Gasteiger partial charge is 0.309 e. The third kappa shape index (κ3) is 4.72. The highest BCUT2D eigenvalue weighted by molar-refractivity contribution is 5.75. The largest absolute Gasteiger partial charge is 0.481 e. The summed E-state index contributed by atoms with van der Waals surface area (Å²) in [6, 6.07) is 2.85. The van der Waals surface area contributed by atoms with Crippen LogP contribution in [0.5, 0.6) is 0 Å². The minimum absolute atomic E-state index is 0.147. The average molecular weight is 335 g/mol. The van der Waals surface area contributed by atoms with Crippen LogP contribution in [0.4, 0.5) is 0 Å². The van der Waals surface area contributed by atoms with Gasteiger partial charge in [0.25, 0.3) is 0 Å². The van der Waals surface area contributed by atoms with Gasteiger partial charge in [0, 0.05) is 12.0 Å². The Hall–Kier alpha value is -1.08. The maximum absolute atomic E-state index is 12.1. The van der Waals surface area contributed by atoms with E-state index in [9.17, 15) is 9.90 Å². The summed E-state index contributed by atoms with van der Waals surface area (Å²) in [5.41, 5.74) is -0.527. The van der Waals surface area contributed by atoms with Gasteiger partial charge in [-0.25, -0.2) is 0 Å². The summed E-state index contributed by atoms with van der Waals surface area (Å²) in [6.07, 6.45) is 12.3. The Labute approximate surface area is 147 Å². The first-order valence-electron chi connectivity index (χ1n) is 9.98. The normalized spacial score (nSPS) is 33.8. The van der Waals surface area contributed by atoms with Gasteiger partial charge in [-0.3, -0.25) is 4.79 Å². The number of hydrogen-bond acceptors (Lipinski definition) is 3. The molecule has 2 aliphatic carbocycles. The summed E-state index contributed by atoms with van der Waals surface area (Å²) in [5.74, 6) is -0.178. The average Bonchev–Trinajstić information content (AvgIpc) is 2.62. The van der Waals surface area contributed by atoms with E-state index in [0.29, 0.717) is 6.04 Å². The van der Waals surface area contributed by atoms with Gasteiger partial charge in [-0.05, 0) is 70.3 Å². The van der Waals surface area contributed by atoms with Crippen molar-refractivity contribution in [2.45, 2.75) is 90.0 Å². The van der Waals surface area contributed by atoms with E-state index in [1.165, 1.54) is 25.7 Å². The molecule has 0 aromatic heterocycles. The van der Waals surface area contributed by atoms with Crippen molar-refractivity contribution in [2.24, 2.45) is 17.3 Å². The van der Waals surface area contributed by atoms with Crippen LogP contribution in [-0.4, -0.2) is 23.7 Å². The number of carboxylic acid groups (broad SMARTS) is 1. The zero-order valence-electron chi connectivity index (χ0n) is 15.2. The van der Waals surface area contributed by atoms with E-state index in [1.54, 1.807) is 0 Å². The Kier molecular flexibility index (Phi) is 7.55. The number of hydrogen-bond donors (Lipinski definition) is 2. The van der Waals surface area contributed by atoms with E-state index in [2.05, 4.69) is 18.3 Å². The maximum atomic E-state index is 12.1. The van der Waals surface area contributed by atoms with Crippen molar-refractivity contribution in [1.29, 1.82) is 5.26 Å². The quantitative estimate of drug-likeness (QED) is 0.641. The molecule has 2 fully saturated rings. The summed E-state index contributed by atoms with van der Waals surface area (Å²) in [5, 5.41) is 22.6. The lowest BCUT2D eigenvalue weighted by atomic mass is 9.60. The summed E-state index contributed by atoms with van der Waals surface area (Å²) >= 11 is 0. The molecule has 4 nitrogen and oxygen atoms in total. The fourth-order valence-corrected chi connectivity index (χ4v) is 4.77. The molecule has 0 amide bonds. The molecule has 136 valence electrons. The lowest BCUT2D eigenvalue weighted by molar-refractivity contribution is -0.157. The lowest BCUT2D eigenvalue weighted by Gasteiger charge is -2.44. The molecule has 2 aliphatic rings. The van der Waals surface area contributed by atoms with Crippen LogP contribution in [0.1, 0.15) is 84.0 Å². The van der Waals surface area contributed by atoms with Gasteiger partial charge in [-0.15, -0.1) is 0 Å². The molecule has 24 heavy (non-hydrogen) atoms. The fraction of sp³-hybridized carbons (Fsp3) is 0.900. The van der Waals surface area contributed by atoms with Gasteiger partial charge in [-0.2, -0.15) is 5.26 Å². The Morgan fingerprint density at radius 3 is 2.33 bits per heavy atom. The minimum Gasteiger partial charge on any atom is -0.481 e. The Bertz CT molecular complexity index is 427. The number of nitriles is 1. The number of unbranched alkanes of at least 4 members (excludes halogenated alkanes) is 3. The predicted molar refractivity (Wildman–Crippen MR) is 95.5 cm³/mol. The fourth-order valence-electron chi connectivity index (χ4n) is 4.77. The number of nitrogens with zero attached hydrogens (tertiary/aromatic N) is 1. The summed E-state index contributed by atoms with van der Waals surface area (Å²) < 4.78 is 0. The van der Waals surface area contributed by atoms with E-state index >= 15 is 0 Å². The van der Waals surface area contributed by atoms with Gasteiger partial charge in [0.1, 0.15) is 0 Å². The predicted octanol–water partition coefficient (Wildman–Crippen LogP) is 4.50. The van der Waals surface area contributed by atoms with Crippen LogP contribution in [0.3, 0.4) is 0 Å². The molecule has 2 rings (SSSR count). The molecule has 0 aromatic carbocycles. The first-order chi connectivity index (χ1) is 11.6. The van der Waals surface area contributed by atoms with Crippen LogP contribution in [0.15, 0.2) is 0 Å². The van der Waals surface area contributed by atoms with Crippen LogP contribution in [0.25, 0.3) is 0 Å². The van der Waals surface area contributed by atoms with Crippen LogP contribution in [0.2, 0.25) is 0 Å². The number of rotatable bonds is 8. The Balaban J connectivity index is 1.81. The second-order valence-corrected chi connectivity index (χ2v) is 7.93. The van der Waals surface area contributed by atoms with E-state index in [1.807, 2.05) is 0 Å². The molecule has 0 aliphatic heterocycles. The van der Waals surface area contributed by atoms with E-state index < -0.39 is 11.4 Å². The van der Waals surface area contributed by atoms with Crippen molar-refractivity contribution in [3.63, 3.8) is 0 Å². The molecule has 0 spiro atoms. The third-order valence-electron chi connectivity index (χ3n) is 6.46. The summed E-state index contributed by atoms with van der Waals surface area (Å²) in [6.45, 7) is 3.29. The zero-order chi connectivity index (χ0) is 17.4. The van der Waals surface area contributed by atoms with Crippen LogP contribution < -0.4 is 5.32 Å². The first kappa shape index (κ1) is 19.2. The maximum Gasteiger partial charge on any atom is 0.309 e. The monoisotopic (exact) mass is 334 g/mol. The van der Waals surface area contributed by atoms with Gasteiger partial charge in [-0.1, -0.05) is 26.2 Å². The van der Waals surface area contributed by atoms with Gasteiger partial charge in [0.05, 0.1) is 11.5 Å². The van der Waals surface area contributed by atoms with E-state index in [-0.39, 0.29) is 11.8 Å². The molecule has 0 atom stereocenters. The molecular weight excluding hydrogens is 300 g/mol. The second-order valence-electron chi connectivity index (χ2n) is 7.93. The number of carboxylic acids is 1. The number of nitrogens with one attached hydrogen (secondary N) is 1. The summed E-state index contributed by atoms with van der Waals surface area (Å²) in [4.78, 5) is 12.1. The zero-order valence-corrected chi connectivity index (χ0v) is 15.2. The molecule has 2 saturated carbocycles.